The quantitative estimate of drug-likeness (QED) is 0.237. The van der Waals surface area contributed by atoms with Gasteiger partial charge in [-0.15, -0.1) is 0 Å². The average Bonchev–Trinajstić information content (AvgIpc) is 3.47. The van der Waals surface area contributed by atoms with Crippen molar-refractivity contribution in [3.05, 3.63) is 131 Å². The third-order valence-corrected chi connectivity index (χ3v) is 8.02. The van der Waals surface area contributed by atoms with Gasteiger partial charge in [0.2, 0.25) is 0 Å². The second-order valence-corrected chi connectivity index (χ2v) is 11.1. The highest BCUT2D eigenvalue weighted by molar-refractivity contribution is 5.91. The topological polar surface area (TPSA) is 9.86 Å². The number of aryl methyl sites for hydroxylation is 4. The Bertz CT molecular complexity index is 1660. The molecule has 37 heavy (non-hydrogen) atoms. The standard InChI is InChI=1S/C35H34N2/c1-23-15-17-25(3)33(19-23)36-21-29(27-11-7-9-13-31(27)36)35(5,6)30-22-37(32-14-10-8-12-28(30)32)34-20-24(2)16-18-26(34)4/h7-22H,1-6H3. The normalized spacial score (nSPS) is 12.1. The van der Waals surface area contributed by atoms with Crippen molar-refractivity contribution in [1.29, 1.82) is 0 Å². The van der Waals surface area contributed by atoms with Crippen LogP contribution in [-0.4, -0.2) is 9.13 Å². The largest absolute Gasteiger partial charge is 0.316 e. The van der Waals surface area contributed by atoms with Gasteiger partial charge in [0, 0.05) is 40.0 Å². The molecule has 0 aliphatic heterocycles. The molecule has 0 unspecified atom stereocenters. The summed E-state index contributed by atoms with van der Waals surface area (Å²) in [7, 11) is 0. The molecule has 0 saturated heterocycles. The molecule has 0 aliphatic carbocycles. The third-order valence-electron chi connectivity index (χ3n) is 8.02. The molecule has 4 aromatic carbocycles. The van der Waals surface area contributed by atoms with Gasteiger partial charge in [-0.1, -0.05) is 74.5 Å². The monoisotopic (exact) mass is 482 g/mol. The van der Waals surface area contributed by atoms with E-state index in [0.717, 1.165) is 0 Å². The van der Waals surface area contributed by atoms with Crippen molar-refractivity contribution < 1.29 is 0 Å². The van der Waals surface area contributed by atoms with E-state index in [1.807, 2.05) is 0 Å². The summed E-state index contributed by atoms with van der Waals surface area (Å²) < 4.78 is 4.78. The Morgan fingerprint density at radius 1 is 0.514 bits per heavy atom. The van der Waals surface area contributed by atoms with Crippen molar-refractivity contribution in [1.82, 2.24) is 9.13 Å². The molecule has 0 N–H and O–H groups in total. The molecule has 0 atom stereocenters. The maximum absolute atomic E-state index is 2.39. The fraction of sp³-hybridized carbons (Fsp3) is 0.200. The van der Waals surface area contributed by atoms with Crippen LogP contribution in [0.25, 0.3) is 33.2 Å². The summed E-state index contributed by atoms with van der Waals surface area (Å²) in [6.45, 7) is 13.5. The van der Waals surface area contributed by atoms with Gasteiger partial charge in [0.15, 0.2) is 0 Å². The molecule has 6 aromatic rings. The second-order valence-electron chi connectivity index (χ2n) is 11.1. The molecule has 0 fully saturated rings. The third kappa shape index (κ3) is 3.71. The lowest BCUT2D eigenvalue weighted by Gasteiger charge is -2.24. The van der Waals surface area contributed by atoms with E-state index in [1.165, 1.54) is 66.6 Å². The summed E-state index contributed by atoms with van der Waals surface area (Å²) in [5.74, 6) is 0. The van der Waals surface area contributed by atoms with E-state index >= 15 is 0 Å². The van der Waals surface area contributed by atoms with Gasteiger partial charge in [-0.3, -0.25) is 0 Å². The van der Waals surface area contributed by atoms with Crippen LogP contribution in [0.3, 0.4) is 0 Å². The number of fused-ring (bicyclic) bond motifs is 2. The van der Waals surface area contributed by atoms with Gasteiger partial charge in [-0.2, -0.15) is 0 Å². The van der Waals surface area contributed by atoms with Crippen LogP contribution >= 0.6 is 0 Å². The van der Waals surface area contributed by atoms with Gasteiger partial charge in [0.1, 0.15) is 0 Å². The number of hydrogen-bond acceptors (Lipinski definition) is 0. The molecule has 0 bridgehead atoms. The van der Waals surface area contributed by atoms with E-state index in [4.69, 9.17) is 0 Å². The molecule has 2 heterocycles. The van der Waals surface area contributed by atoms with Crippen LogP contribution in [0.2, 0.25) is 0 Å². The summed E-state index contributed by atoms with van der Waals surface area (Å²) in [6.07, 6.45) is 4.74. The van der Waals surface area contributed by atoms with Crippen LogP contribution in [-0.2, 0) is 5.41 Å². The molecule has 6 rings (SSSR count). The Kier molecular flexibility index (Phi) is 5.38. The number of rotatable bonds is 4. The minimum absolute atomic E-state index is 0.217. The van der Waals surface area contributed by atoms with E-state index in [-0.39, 0.29) is 5.41 Å². The molecule has 0 amide bonds. The van der Waals surface area contributed by atoms with Crippen LogP contribution in [0.4, 0.5) is 0 Å². The molecular weight excluding hydrogens is 448 g/mol. The molecule has 0 spiro atoms. The predicted octanol–water partition coefficient (Wildman–Crippen LogP) is 9.13. The van der Waals surface area contributed by atoms with Crippen molar-refractivity contribution in [3.8, 4) is 11.4 Å². The van der Waals surface area contributed by atoms with Crippen molar-refractivity contribution in [3.63, 3.8) is 0 Å². The summed E-state index contributed by atoms with van der Waals surface area (Å²) in [5.41, 5.74) is 12.6. The Labute approximate surface area is 219 Å². The van der Waals surface area contributed by atoms with Crippen LogP contribution in [0, 0.1) is 27.7 Å². The zero-order valence-electron chi connectivity index (χ0n) is 22.6. The highest BCUT2D eigenvalue weighted by Gasteiger charge is 2.31. The highest BCUT2D eigenvalue weighted by atomic mass is 15.0. The number of benzene rings is 4. The summed E-state index contributed by atoms with van der Waals surface area (Å²) in [4.78, 5) is 0. The lowest BCUT2D eigenvalue weighted by atomic mass is 9.78. The van der Waals surface area contributed by atoms with Gasteiger partial charge in [-0.05, 0) is 85.3 Å². The Hall–Kier alpha value is -4.04. The van der Waals surface area contributed by atoms with Gasteiger partial charge >= 0.3 is 0 Å². The Morgan fingerprint density at radius 3 is 1.35 bits per heavy atom. The molecule has 2 nitrogen and oxygen atoms in total. The number of para-hydroxylation sites is 2. The second kappa shape index (κ2) is 8.52. The molecule has 0 radical (unpaired) electrons. The van der Waals surface area contributed by atoms with Gasteiger partial charge in [0.25, 0.3) is 0 Å². The lowest BCUT2D eigenvalue weighted by molar-refractivity contribution is 0.649. The first-order valence-electron chi connectivity index (χ1n) is 13.1. The smallest absolute Gasteiger partial charge is 0.0531 e. The fourth-order valence-corrected chi connectivity index (χ4v) is 5.86. The van der Waals surface area contributed by atoms with E-state index in [0.29, 0.717) is 0 Å². The van der Waals surface area contributed by atoms with E-state index in [2.05, 4.69) is 148 Å². The molecule has 0 aliphatic rings. The zero-order chi connectivity index (χ0) is 25.9. The van der Waals surface area contributed by atoms with E-state index < -0.39 is 0 Å². The van der Waals surface area contributed by atoms with Crippen molar-refractivity contribution >= 4 is 21.8 Å². The SMILES string of the molecule is Cc1ccc(C)c(-n2cc(C(C)(C)c3cn(-c4cc(C)ccc4C)c4ccccc34)c3ccccc32)c1. The van der Waals surface area contributed by atoms with Crippen molar-refractivity contribution in [2.24, 2.45) is 0 Å². The van der Waals surface area contributed by atoms with Crippen LogP contribution in [0.15, 0.2) is 97.3 Å². The number of aromatic nitrogens is 2. The number of hydrogen-bond donors (Lipinski definition) is 0. The minimum Gasteiger partial charge on any atom is -0.316 e. The summed E-state index contributed by atoms with van der Waals surface area (Å²) >= 11 is 0. The Morgan fingerprint density at radius 2 is 0.919 bits per heavy atom. The molecule has 2 heteroatoms. The summed E-state index contributed by atoms with van der Waals surface area (Å²) in [6, 6.07) is 31.1. The first-order chi connectivity index (χ1) is 17.8. The van der Waals surface area contributed by atoms with Gasteiger partial charge in [-0.25, -0.2) is 0 Å². The van der Waals surface area contributed by atoms with Crippen molar-refractivity contribution in [2.45, 2.75) is 47.0 Å². The van der Waals surface area contributed by atoms with Gasteiger partial charge < -0.3 is 9.13 Å². The predicted molar refractivity (Wildman–Crippen MR) is 158 cm³/mol. The maximum Gasteiger partial charge on any atom is 0.0531 e. The average molecular weight is 483 g/mol. The number of nitrogens with zero attached hydrogens (tertiary/aromatic N) is 2. The zero-order valence-corrected chi connectivity index (χ0v) is 22.6. The molecular formula is C35H34N2. The van der Waals surface area contributed by atoms with Crippen molar-refractivity contribution in [2.75, 3.05) is 0 Å². The summed E-state index contributed by atoms with van der Waals surface area (Å²) in [5, 5.41) is 2.61. The lowest BCUT2D eigenvalue weighted by Crippen LogP contribution is -2.18. The van der Waals surface area contributed by atoms with Crippen LogP contribution < -0.4 is 0 Å². The Balaban J connectivity index is 1.62. The maximum atomic E-state index is 2.39. The fourth-order valence-electron chi connectivity index (χ4n) is 5.86. The molecule has 184 valence electrons. The highest BCUT2D eigenvalue weighted by Crippen LogP contribution is 2.42. The van der Waals surface area contributed by atoms with E-state index in [9.17, 15) is 0 Å². The molecule has 2 aromatic heterocycles. The van der Waals surface area contributed by atoms with Crippen LogP contribution in [0.5, 0.6) is 0 Å². The van der Waals surface area contributed by atoms with Gasteiger partial charge in [0.05, 0.1) is 11.0 Å². The van der Waals surface area contributed by atoms with E-state index in [1.54, 1.807) is 0 Å². The first-order valence-corrected chi connectivity index (χ1v) is 13.1. The molecule has 0 saturated carbocycles. The minimum atomic E-state index is -0.217. The van der Waals surface area contributed by atoms with Crippen LogP contribution in [0.1, 0.15) is 47.2 Å². The first kappa shape index (κ1) is 23.4.